The molecule has 106 valence electrons. The van der Waals surface area contributed by atoms with Gasteiger partial charge in [0.25, 0.3) is 0 Å². The molecule has 1 N–H and O–H groups in total. The predicted molar refractivity (Wildman–Crippen MR) is 78.3 cm³/mol. The lowest BCUT2D eigenvalue weighted by atomic mass is 9.86. The molecule has 0 atom stereocenters. The van der Waals surface area contributed by atoms with Gasteiger partial charge in [-0.25, -0.2) is 0 Å². The molecule has 0 aliphatic heterocycles. The van der Waals surface area contributed by atoms with Crippen molar-refractivity contribution < 1.29 is 9.90 Å². The fourth-order valence-electron chi connectivity index (χ4n) is 1.74. The van der Waals surface area contributed by atoms with E-state index < -0.39 is 11.5 Å². The van der Waals surface area contributed by atoms with E-state index in [2.05, 4.69) is 45.0 Å². The van der Waals surface area contributed by atoms with Crippen LogP contribution >= 0.6 is 0 Å². The van der Waals surface area contributed by atoms with Crippen LogP contribution in [0.25, 0.3) is 0 Å². The highest BCUT2D eigenvalue weighted by Crippen LogP contribution is 2.23. The Bertz CT molecular complexity index is 441. The first kappa shape index (κ1) is 15.7. The zero-order chi connectivity index (χ0) is 14.8. The molecule has 0 aliphatic carbocycles. The Morgan fingerprint density at radius 3 is 1.95 bits per heavy atom. The number of carbonyl (C=O) groups is 1. The second-order valence-corrected chi connectivity index (χ2v) is 6.67. The summed E-state index contributed by atoms with van der Waals surface area (Å²) in [5, 5.41) is 9.20. The molecule has 0 aromatic heterocycles. The molecule has 0 heterocycles. The van der Waals surface area contributed by atoms with E-state index in [0.717, 1.165) is 5.56 Å². The molecule has 19 heavy (non-hydrogen) atoms. The maximum atomic E-state index is 11.2. The largest absolute Gasteiger partial charge is 0.480 e. The Kier molecular flexibility index (Phi) is 4.41. The van der Waals surface area contributed by atoms with Crippen LogP contribution in [-0.2, 0) is 16.8 Å². The standard InChI is InChI=1S/C16H25NO2/c1-15(2,3)13-9-7-12(8-10-13)11-17(6)16(4,5)14(18)19/h7-10H,11H2,1-6H3,(H,18,19). The van der Waals surface area contributed by atoms with Crippen molar-refractivity contribution in [3.63, 3.8) is 0 Å². The first-order valence-electron chi connectivity index (χ1n) is 6.59. The van der Waals surface area contributed by atoms with Crippen molar-refractivity contribution in [2.75, 3.05) is 7.05 Å². The highest BCUT2D eigenvalue weighted by molar-refractivity contribution is 5.77. The van der Waals surface area contributed by atoms with Crippen LogP contribution in [-0.4, -0.2) is 28.6 Å². The maximum Gasteiger partial charge on any atom is 0.323 e. The number of aliphatic carboxylic acids is 1. The normalized spacial score (nSPS) is 12.8. The molecule has 3 heteroatoms. The smallest absolute Gasteiger partial charge is 0.323 e. The molecule has 0 amide bonds. The number of nitrogens with zero attached hydrogens (tertiary/aromatic N) is 1. The minimum absolute atomic E-state index is 0.144. The molecule has 0 saturated heterocycles. The lowest BCUT2D eigenvalue weighted by Gasteiger charge is -2.31. The third kappa shape index (κ3) is 3.80. The topological polar surface area (TPSA) is 40.5 Å². The minimum atomic E-state index is -0.858. The molecular formula is C16H25NO2. The summed E-state index contributed by atoms with van der Waals surface area (Å²) in [5.74, 6) is -0.804. The van der Waals surface area contributed by atoms with E-state index in [1.807, 2.05) is 11.9 Å². The van der Waals surface area contributed by atoms with Crippen molar-refractivity contribution in [2.45, 2.75) is 52.1 Å². The number of carboxylic acids is 1. The molecule has 0 bridgehead atoms. The van der Waals surface area contributed by atoms with Crippen molar-refractivity contribution in [1.29, 1.82) is 0 Å². The SMILES string of the molecule is CN(Cc1ccc(C(C)(C)C)cc1)C(C)(C)C(=O)O. The summed E-state index contributed by atoms with van der Waals surface area (Å²) < 4.78 is 0. The molecule has 0 aliphatic rings. The van der Waals surface area contributed by atoms with Crippen molar-refractivity contribution in [2.24, 2.45) is 0 Å². The van der Waals surface area contributed by atoms with Crippen LogP contribution in [0.5, 0.6) is 0 Å². The molecule has 0 fully saturated rings. The van der Waals surface area contributed by atoms with E-state index in [4.69, 9.17) is 0 Å². The Morgan fingerprint density at radius 2 is 1.58 bits per heavy atom. The van der Waals surface area contributed by atoms with E-state index >= 15 is 0 Å². The van der Waals surface area contributed by atoms with Crippen molar-refractivity contribution >= 4 is 5.97 Å². The van der Waals surface area contributed by atoms with Crippen LogP contribution < -0.4 is 0 Å². The molecule has 0 saturated carbocycles. The van der Waals surface area contributed by atoms with Crippen LogP contribution in [0.2, 0.25) is 0 Å². The Balaban J connectivity index is 2.82. The van der Waals surface area contributed by atoms with Gasteiger partial charge < -0.3 is 5.11 Å². The number of rotatable bonds is 4. The number of likely N-dealkylation sites (N-methyl/N-ethyl adjacent to an activating group) is 1. The first-order chi connectivity index (χ1) is 8.55. The molecule has 0 spiro atoms. The lowest BCUT2D eigenvalue weighted by molar-refractivity contribution is -0.148. The summed E-state index contributed by atoms with van der Waals surface area (Å²) in [7, 11) is 1.84. The van der Waals surface area contributed by atoms with Gasteiger partial charge in [-0.1, -0.05) is 45.0 Å². The fourth-order valence-corrected chi connectivity index (χ4v) is 1.74. The van der Waals surface area contributed by atoms with E-state index in [0.29, 0.717) is 6.54 Å². The summed E-state index contributed by atoms with van der Waals surface area (Å²) in [6.45, 7) is 10.6. The van der Waals surface area contributed by atoms with Gasteiger partial charge in [-0.2, -0.15) is 0 Å². The van der Waals surface area contributed by atoms with Gasteiger partial charge in [-0.3, -0.25) is 9.69 Å². The van der Waals surface area contributed by atoms with Crippen LogP contribution in [0.4, 0.5) is 0 Å². The van der Waals surface area contributed by atoms with E-state index in [1.54, 1.807) is 13.8 Å². The Morgan fingerprint density at radius 1 is 1.11 bits per heavy atom. The Labute approximate surface area is 116 Å². The van der Waals surface area contributed by atoms with E-state index in [1.165, 1.54) is 5.56 Å². The maximum absolute atomic E-state index is 11.2. The van der Waals surface area contributed by atoms with Gasteiger partial charge in [0, 0.05) is 6.54 Å². The quantitative estimate of drug-likeness (QED) is 0.906. The summed E-state index contributed by atoms with van der Waals surface area (Å²) >= 11 is 0. The second-order valence-electron chi connectivity index (χ2n) is 6.67. The van der Waals surface area contributed by atoms with Crippen LogP contribution in [0.1, 0.15) is 45.7 Å². The van der Waals surface area contributed by atoms with Gasteiger partial charge in [-0.15, -0.1) is 0 Å². The first-order valence-corrected chi connectivity index (χ1v) is 6.59. The van der Waals surface area contributed by atoms with Gasteiger partial charge in [0.05, 0.1) is 0 Å². The summed E-state index contributed by atoms with van der Waals surface area (Å²) in [6.07, 6.45) is 0. The third-order valence-electron chi connectivity index (χ3n) is 3.72. The average molecular weight is 263 g/mol. The molecule has 1 aromatic rings. The monoisotopic (exact) mass is 263 g/mol. The predicted octanol–water partition coefficient (Wildman–Crippen LogP) is 3.28. The van der Waals surface area contributed by atoms with Gasteiger partial charge in [0.15, 0.2) is 0 Å². The van der Waals surface area contributed by atoms with Gasteiger partial charge in [-0.05, 0) is 37.4 Å². The van der Waals surface area contributed by atoms with Crippen molar-refractivity contribution in [1.82, 2.24) is 4.90 Å². The van der Waals surface area contributed by atoms with Gasteiger partial charge >= 0.3 is 5.97 Å². The number of hydrogen-bond donors (Lipinski definition) is 1. The minimum Gasteiger partial charge on any atom is -0.480 e. The Hall–Kier alpha value is -1.35. The highest BCUT2D eigenvalue weighted by atomic mass is 16.4. The van der Waals surface area contributed by atoms with Crippen LogP contribution in [0.15, 0.2) is 24.3 Å². The van der Waals surface area contributed by atoms with Gasteiger partial charge in [0.2, 0.25) is 0 Å². The van der Waals surface area contributed by atoms with Crippen LogP contribution in [0.3, 0.4) is 0 Å². The molecular weight excluding hydrogens is 238 g/mol. The summed E-state index contributed by atoms with van der Waals surface area (Å²) in [5.41, 5.74) is 1.70. The molecule has 3 nitrogen and oxygen atoms in total. The fraction of sp³-hybridized carbons (Fsp3) is 0.562. The van der Waals surface area contributed by atoms with Gasteiger partial charge in [0.1, 0.15) is 5.54 Å². The number of benzene rings is 1. The summed E-state index contributed by atoms with van der Waals surface area (Å²) in [6, 6.07) is 8.40. The number of hydrogen-bond acceptors (Lipinski definition) is 2. The van der Waals surface area contributed by atoms with Crippen molar-refractivity contribution in [3.05, 3.63) is 35.4 Å². The molecule has 1 rings (SSSR count). The molecule has 1 aromatic carbocycles. The van der Waals surface area contributed by atoms with Crippen LogP contribution in [0, 0.1) is 0 Å². The zero-order valence-corrected chi connectivity index (χ0v) is 12.8. The average Bonchev–Trinajstić information content (AvgIpc) is 2.28. The highest BCUT2D eigenvalue weighted by Gasteiger charge is 2.31. The molecule has 0 radical (unpaired) electrons. The summed E-state index contributed by atoms with van der Waals surface area (Å²) in [4.78, 5) is 13.0. The molecule has 0 unspecified atom stereocenters. The second kappa shape index (κ2) is 5.33. The lowest BCUT2D eigenvalue weighted by Crippen LogP contribution is -2.47. The van der Waals surface area contributed by atoms with Crippen molar-refractivity contribution in [3.8, 4) is 0 Å². The third-order valence-corrected chi connectivity index (χ3v) is 3.72. The van der Waals surface area contributed by atoms with E-state index in [-0.39, 0.29) is 5.41 Å². The van der Waals surface area contributed by atoms with E-state index in [9.17, 15) is 9.90 Å². The zero-order valence-electron chi connectivity index (χ0n) is 12.8. The number of carboxylic acid groups (broad SMARTS) is 1.